The molecule has 1 fully saturated rings. The van der Waals surface area contributed by atoms with E-state index in [2.05, 4.69) is 5.32 Å². The van der Waals surface area contributed by atoms with Gasteiger partial charge in [-0.1, -0.05) is 13.8 Å². The van der Waals surface area contributed by atoms with Gasteiger partial charge in [0.05, 0.1) is 0 Å². The molecule has 1 atom stereocenters. The Balaban J connectivity index is 0.000000461. The van der Waals surface area contributed by atoms with Crippen LogP contribution in [0.15, 0.2) is 0 Å². The topological polar surface area (TPSA) is 66.4 Å². The molecular formula is C7H13NO3. The molecule has 0 spiro atoms. The monoisotopic (exact) mass is 159 g/mol. The summed E-state index contributed by atoms with van der Waals surface area (Å²) in [5.74, 6) is -1.11. The zero-order valence-electron chi connectivity index (χ0n) is 6.76. The van der Waals surface area contributed by atoms with Crippen molar-refractivity contribution in [3.63, 3.8) is 0 Å². The van der Waals surface area contributed by atoms with E-state index in [4.69, 9.17) is 5.11 Å². The Morgan fingerprint density at radius 3 is 2.36 bits per heavy atom. The van der Waals surface area contributed by atoms with Crippen molar-refractivity contribution in [3.8, 4) is 0 Å². The first-order valence-electron chi connectivity index (χ1n) is 3.72. The number of carbonyl (C=O) groups is 2. The Kier molecular flexibility index (Phi) is 4.26. The van der Waals surface area contributed by atoms with E-state index in [0.29, 0.717) is 12.8 Å². The second-order valence-electron chi connectivity index (χ2n) is 2.00. The van der Waals surface area contributed by atoms with Gasteiger partial charge in [0.25, 0.3) is 0 Å². The summed E-state index contributed by atoms with van der Waals surface area (Å²) in [5, 5.41) is 10.6. The number of hydrogen-bond acceptors (Lipinski definition) is 2. The fourth-order valence-corrected chi connectivity index (χ4v) is 0.799. The van der Waals surface area contributed by atoms with Gasteiger partial charge >= 0.3 is 5.97 Å². The molecule has 1 aliphatic rings. The minimum atomic E-state index is -0.944. The highest BCUT2D eigenvalue weighted by Gasteiger charge is 2.26. The van der Waals surface area contributed by atoms with Gasteiger partial charge in [0.2, 0.25) is 5.91 Å². The molecule has 2 N–H and O–H groups in total. The van der Waals surface area contributed by atoms with Crippen molar-refractivity contribution < 1.29 is 14.7 Å². The van der Waals surface area contributed by atoms with Crippen LogP contribution in [0.25, 0.3) is 0 Å². The van der Waals surface area contributed by atoms with Gasteiger partial charge in [-0.3, -0.25) is 4.79 Å². The Morgan fingerprint density at radius 2 is 2.18 bits per heavy atom. The predicted molar refractivity (Wildman–Crippen MR) is 40.1 cm³/mol. The maximum Gasteiger partial charge on any atom is 0.326 e. The van der Waals surface area contributed by atoms with E-state index in [9.17, 15) is 9.59 Å². The maximum atomic E-state index is 10.4. The molecular weight excluding hydrogens is 146 g/mol. The van der Waals surface area contributed by atoms with Gasteiger partial charge in [-0.15, -0.1) is 0 Å². The van der Waals surface area contributed by atoms with Gasteiger partial charge in [-0.25, -0.2) is 4.79 Å². The lowest BCUT2D eigenvalue weighted by molar-refractivity contribution is -0.140. The second kappa shape index (κ2) is 4.71. The van der Waals surface area contributed by atoms with Crippen LogP contribution in [-0.2, 0) is 9.59 Å². The van der Waals surface area contributed by atoms with Gasteiger partial charge in [0, 0.05) is 6.42 Å². The van der Waals surface area contributed by atoms with Crippen LogP contribution in [0.3, 0.4) is 0 Å². The molecule has 1 amide bonds. The van der Waals surface area contributed by atoms with E-state index in [1.807, 2.05) is 13.8 Å². The third-order valence-corrected chi connectivity index (χ3v) is 1.29. The lowest BCUT2D eigenvalue weighted by Crippen LogP contribution is -2.32. The van der Waals surface area contributed by atoms with Crippen LogP contribution >= 0.6 is 0 Å². The third kappa shape index (κ3) is 3.02. The molecule has 1 saturated heterocycles. The number of aliphatic carboxylic acids is 1. The molecule has 1 heterocycles. The molecule has 0 radical (unpaired) electrons. The number of carboxylic acids is 1. The quantitative estimate of drug-likeness (QED) is 0.581. The average molecular weight is 159 g/mol. The van der Waals surface area contributed by atoms with Gasteiger partial charge in [-0.2, -0.15) is 0 Å². The second-order valence-corrected chi connectivity index (χ2v) is 2.00. The van der Waals surface area contributed by atoms with Gasteiger partial charge in [0.1, 0.15) is 6.04 Å². The highest BCUT2D eigenvalue weighted by Crippen LogP contribution is 2.05. The minimum Gasteiger partial charge on any atom is -0.480 e. The molecule has 4 heteroatoms. The molecule has 0 unspecified atom stereocenters. The molecule has 0 aliphatic carbocycles. The lowest BCUT2D eigenvalue weighted by Gasteiger charge is -1.99. The van der Waals surface area contributed by atoms with Crippen LogP contribution < -0.4 is 5.32 Å². The number of carbonyl (C=O) groups excluding carboxylic acids is 1. The van der Waals surface area contributed by atoms with Crippen molar-refractivity contribution in [1.82, 2.24) is 5.32 Å². The molecule has 0 aromatic rings. The van der Waals surface area contributed by atoms with Crippen LogP contribution in [0.5, 0.6) is 0 Å². The zero-order valence-corrected chi connectivity index (χ0v) is 6.76. The van der Waals surface area contributed by atoms with E-state index in [1.165, 1.54) is 0 Å². The summed E-state index contributed by atoms with van der Waals surface area (Å²) in [6.07, 6.45) is 0.769. The van der Waals surface area contributed by atoms with E-state index < -0.39 is 12.0 Å². The van der Waals surface area contributed by atoms with E-state index in [0.717, 1.165) is 0 Å². The highest BCUT2D eigenvalue weighted by atomic mass is 16.4. The summed E-state index contributed by atoms with van der Waals surface area (Å²) in [6, 6.07) is -0.641. The highest BCUT2D eigenvalue weighted by molar-refractivity contribution is 5.87. The first kappa shape index (κ1) is 9.94. The Hall–Kier alpha value is -1.06. The van der Waals surface area contributed by atoms with Crippen LogP contribution in [0.2, 0.25) is 0 Å². The molecule has 0 aromatic carbocycles. The summed E-state index contributed by atoms with van der Waals surface area (Å²) in [6.45, 7) is 4.00. The summed E-state index contributed by atoms with van der Waals surface area (Å²) >= 11 is 0. The first-order chi connectivity index (χ1) is 5.20. The Bertz CT molecular complexity index is 156. The van der Waals surface area contributed by atoms with Crippen LogP contribution in [-0.4, -0.2) is 23.0 Å². The molecule has 0 saturated carbocycles. The molecule has 1 aliphatic heterocycles. The van der Waals surface area contributed by atoms with Gasteiger partial charge in [-0.05, 0) is 6.42 Å². The number of amides is 1. The van der Waals surface area contributed by atoms with Crippen molar-refractivity contribution >= 4 is 11.9 Å². The third-order valence-electron chi connectivity index (χ3n) is 1.29. The fourth-order valence-electron chi connectivity index (χ4n) is 0.799. The smallest absolute Gasteiger partial charge is 0.326 e. The maximum absolute atomic E-state index is 10.4. The minimum absolute atomic E-state index is 0.164. The molecule has 0 aromatic heterocycles. The summed E-state index contributed by atoms with van der Waals surface area (Å²) in [7, 11) is 0. The fraction of sp³-hybridized carbons (Fsp3) is 0.714. The number of hydrogen-bond donors (Lipinski definition) is 2. The summed E-state index contributed by atoms with van der Waals surface area (Å²) in [5.41, 5.74) is 0. The molecule has 1 rings (SSSR count). The Morgan fingerprint density at radius 1 is 1.64 bits per heavy atom. The predicted octanol–water partition coefficient (Wildman–Crippen LogP) is 0.376. The normalized spacial score (nSPS) is 21.6. The SMILES string of the molecule is CC.O=C1CC[C@@H](C(=O)O)N1. The van der Waals surface area contributed by atoms with Crippen LogP contribution in [0.1, 0.15) is 26.7 Å². The van der Waals surface area contributed by atoms with Crippen molar-refractivity contribution in [2.45, 2.75) is 32.7 Å². The average Bonchev–Trinajstić information content (AvgIpc) is 2.40. The number of rotatable bonds is 1. The van der Waals surface area contributed by atoms with Gasteiger partial charge < -0.3 is 10.4 Å². The van der Waals surface area contributed by atoms with E-state index >= 15 is 0 Å². The van der Waals surface area contributed by atoms with Crippen LogP contribution in [0, 0.1) is 0 Å². The lowest BCUT2D eigenvalue weighted by atomic mass is 10.2. The van der Waals surface area contributed by atoms with E-state index in [-0.39, 0.29) is 5.91 Å². The van der Waals surface area contributed by atoms with Crippen molar-refractivity contribution in [2.24, 2.45) is 0 Å². The van der Waals surface area contributed by atoms with Crippen molar-refractivity contribution in [1.29, 1.82) is 0 Å². The largest absolute Gasteiger partial charge is 0.480 e. The molecule has 64 valence electrons. The number of nitrogens with one attached hydrogen (secondary N) is 1. The van der Waals surface area contributed by atoms with Crippen molar-refractivity contribution in [3.05, 3.63) is 0 Å². The zero-order chi connectivity index (χ0) is 8.85. The standard InChI is InChI=1S/C5H7NO3.C2H6/c7-4-2-1-3(6-4)5(8)9;1-2/h3H,1-2H2,(H,6,7)(H,8,9);1-2H3/t3-;/m0./s1. The first-order valence-corrected chi connectivity index (χ1v) is 3.72. The number of carboxylic acid groups (broad SMARTS) is 1. The van der Waals surface area contributed by atoms with Gasteiger partial charge in [0.15, 0.2) is 0 Å². The van der Waals surface area contributed by atoms with Crippen molar-refractivity contribution in [2.75, 3.05) is 0 Å². The Labute approximate surface area is 65.6 Å². The molecule has 4 nitrogen and oxygen atoms in total. The molecule has 0 bridgehead atoms. The summed E-state index contributed by atoms with van der Waals surface area (Å²) < 4.78 is 0. The van der Waals surface area contributed by atoms with Crippen LogP contribution in [0.4, 0.5) is 0 Å². The molecule has 11 heavy (non-hydrogen) atoms. The van der Waals surface area contributed by atoms with E-state index in [1.54, 1.807) is 0 Å². The summed E-state index contributed by atoms with van der Waals surface area (Å²) in [4.78, 5) is 20.5.